The number of aliphatic hydroxyl groups is 5. The van der Waals surface area contributed by atoms with Crippen LogP contribution in [0.3, 0.4) is 0 Å². The molecule has 0 aliphatic carbocycles. The van der Waals surface area contributed by atoms with Crippen LogP contribution >= 0.6 is 0 Å². The van der Waals surface area contributed by atoms with E-state index in [9.17, 15) is 30.3 Å². The third-order valence-corrected chi connectivity index (χ3v) is 6.73. The molecule has 3 aliphatic rings. The lowest BCUT2D eigenvalue weighted by Crippen LogP contribution is -2.53. The summed E-state index contributed by atoms with van der Waals surface area (Å²) in [5, 5.41) is 50.2. The maximum Gasteiger partial charge on any atom is 0.325 e. The first-order valence-electron chi connectivity index (χ1n) is 12.7. The molecule has 2 aromatic rings. The second-order valence-electron chi connectivity index (χ2n) is 9.23. The van der Waals surface area contributed by atoms with Crippen molar-refractivity contribution in [3.63, 3.8) is 0 Å². The van der Waals surface area contributed by atoms with Crippen LogP contribution in [-0.4, -0.2) is 146 Å². The molecule has 0 spiro atoms. The zero-order chi connectivity index (χ0) is 29.7. The van der Waals surface area contributed by atoms with Crippen LogP contribution in [0.2, 0.25) is 0 Å². The number of nitrogen functional groups attached to an aromatic ring is 1. The van der Waals surface area contributed by atoms with Gasteiger partial charge in [0.2, 0.25) is 0 Å². The molecule has 2 saturated heterocycles. The van der Waals surface area contributed by atoms with Crippen LogP contribution in [0.1, 0.15) is 6.23 Å². The van der Waals surface area contributed by atoms with Crippen molar-refractivity contribution in [3.8, 4) is 0 Å². The fourth-order valence-corrected chi connectivity index (χ4v) is 4.64. The van der Waals surface area contributed by atoms with E-state index in [2.05, 4.69) is 20.3 Å². The van der Waals surface area contributed by atoms with Gasteiger partial charge in [0.15, 0.2) is 23.9 Å². The number of methoxy groups -OCH3 is 2. The number of nitrogens with zero attached hydrogens (tertiary/aromatic N) is 5. The first-order valence-corrected chi connectivity index (χ1v) is 12.7. The number of nitrogens with two attached hydrogens (primary N) is 1. The van der Waals surface area contributed by atoms with Crippen molar-refractivity contribution in [2.45, 2.75) is 55.3 Å². The molecule has 8 N–H and O–H groups in total. The Bertz CT molecular complexity index is 1190. The van der Waals surface area contributed by atoms with Gasteiger partial charge in [0.1, 0.15) is 54.7 Å². The van der Waals surface area contributed by atoms with Crippen LogP contribution in [-0.2, 0) is 23.7 Å². The van der Waals surface area contributed by atoms with E-state index < -0.39 is 67.9 Å². The van der Waals surface area contributed by atoms with Gasteiger partial charge in [-0.2, -0.15) is 0 Å². The van der Waals surface area contributed by atoms with Gasteiger partial charge in [0.05, 0.1) is 32.8 Å². The topological polar surface area (TPSA) is 249 Å². The smallest absolute Gasteiger partial charge is 0.325 e. The number of amides is 2. The minimum Gasteiger partial charge on any atom is -0.394 e. The van der Waals surface area contributed by atoms with E-state index in [0.29, 0.717) is 17.8 Å². The highest BCUT2D eigenvalue weighted by atomic mass is 16.6. The first kappa shape index (κ1) is 30.9. The summed E-state index contributed by atoms with van der Waals surface area (Å²) >= 11 is 0. The number of anilines is 1. The van der Waals surface area contributed by atoms with Gasteiger partial charge in [0, 0.05) is 20.4 Å². The molecule has 0 bridgehead atoms. The average Bonchev–Trinajstić information content (AvgIpc) is 3.63. The number of aromatic nitrogens is 4. The van der Waals surface area contributed by atoms with Gasteiger partial charge in [-0.1, -0.05) is 0 Å². The first-order chi connectivity index (χ1) is 19.7. The van der Waals surface area contributed by atoms with E-state index in [1.807, 2.05) is 0 Å². The molecular weight excluding hydrogens is 550 g/mol. The Morgan fingerprint density at radius 1 is 1.00 bits per heavy atom. The number of fused-ring (bicyclic) bond motifs is 1. The summed E-state index contributed by atoms with van der Waals surface area (Å²) in [7, 11) is 2.98. The number of urea groups is 1. The monoisotopic (exact) mass is 585 g/mol. The fourth-order valence-electron chi connectivity index (χ4n) is 4.64. The Morgan fingerprint density at radius 2 is 1.68 bits per heavy atom. The van der Waals surface area contributed by atoms with Crippen LogP contribution in [0.5, 0.6) is 0 Å². The second-order valence-corrected chi connectivity index (χ2v) is 9.23. The zero-order valence-electron chi connectivity index (χ0n) is 22.3. The lowest BCUT2D eigenvalue weighted by Gasteiger charge is -2.32. The molecular formula is C23H35N7O11. The van der Waals surface area contributed by atoms with Crippen LogP contribution in [0.25, 0.3) is 11.2 Å². The lowest BCUT2D eigenvalue weighted by atomic mass is 10.1. The highest BCUT2D eigenvalue weighted by Crippen LogP contribution is 2.33. The Hall–Kier alpha value is -3.04. The van der Waals surface area contributed by atoms with Gasteiger partial charge in [0.25, 0.3) is 0 Å². The minimum absolute atomic E-state index is 0.206. The number of imidazole rings is 1. The Kier molecular flexibility index (Phi) is 10.4. The van der Waals surface area contributed by atoms with Crippen molar-refractivity contribution in [2.24, 2.45) is 0 Å². The Labute approximate surface area is 233 Å². The number of carbonyl (C=O) groups is 1. The van der Waals surface area contributed by atoms with E-state index in [1.165, 1.54) is 44.1 Å². The normalized spacial score (nSPS) is 33.2. The largest absolute Gasteiger partial charge is 0.394 e. The van der Waals surface area contributed by atoms with Crippen molar-refractivity contribution in [1.29, 1.82) is 0 Å². The van der Waals surface area contributed by atoms with E-state index in [1.54, 1.807) is 4.57 Å². The molecule has 228 valence electrons. The van der Waals surface area contributed by atoms with Crippen molar-refractivity contribution >= 4 is 23.0 Å². The Morgan fingerprint density at radius 3 is 2.32 bits per heavy atom. The molecule has 2 aromatic heterocycles. The van der Waals surface area contributed by atoms with Gasteiger partial charge >= 0.3 is 6.03 Å². The highest BCUT2D eigenvalue weighted by Gasteiger charge is 2.48. The van der Waals surface area contributed by atoms with Crippen molar-refractivity contribution in [2.75, 3.05) is 46.4 Å². The summed E-state index contributed by atoms with van der Waals surface area (Å²) in [6.07, 6.45) is -2.14. The molecule has 18 nitrogen and oxygen atoms in total. The molecule has 5 rings (SSSR count). The number of aliphatic hydroxyl groups excluding tert-OH is 5. The molecule has 0 aromatic carbocycles. The van der Waals surface area contributed by atoms with E-state index >= 15 is 0 Å². The number of hydrogen-bond acceptors (Lipinski definition) is 15. The van der Waals surface area contributed by atoms with Gasteiger partial charge in [-0.3, -0.25) is 9.47 Å². The number of rotatable bonds is 9. The summed E-state index contributed by atoms with van der Waals surface area (Å²) in [5.74, 6) is 0.264. The molecule has 0 radical (unpaired) electrons. The molecule has 41 heavy (non-hydrogen) atoms. The molecule has 2 amide bonds. The quantitative estimate of drug-likeness (QED) is 0.142. The second kappa shape index (κ2) is 13.7. The number of carbonyl (C=O) groups excluding carboxylic acids is 1. The van der Waals surface area contributed by atoms with Gasteiger partial charge in [-0.15, -0.1) is 0 Å². The maximum absolute atomic E-state index is 11.9. The minimum atomic E-state index is -1.08. The molecule has 3 unspecified atom stereocenters. The third kappa shape index (κ3) is 6.41. The number of nitrogens with one attached hydrogen (secondary N) is 1. The molecule has 5 heterocycles. The summed E-state index contributed by atoms with van der Waals surface area (Å²) in [6.45, 7) is -0.177. The van der Waals surface area contributed by atoms with E-state index in [0.717, 1.165) is 0 Å². The number of hydrogen-bond donors (Lipinski definition) is 7. The summed E-state index contributed by atoms with van der Waals surface area (Å²) < 4.78 is 28.3. The van der Waals surface area contributed by atoms with Crippen LogP contribution in [0.4, 0.5) is 10.6 Å². The SMILES string of the molecule is COCCO[C@H]1C(O)[C@@H](CO)O[C@H]1N1C=CC(O)NC1=O.CO[C@H]1C(O)[C@@H](CO)O[C@H]1n1cnc2c(N)ncnc21. The van der Waals surface area contributed by atoms with Crippen molar-refractivity contribution in [1.82, 2.24) is 29.7 Å². The lowest BCUT2D eigenvalue weighted by molar-refractivity contribution is -0.0912. The number of ether oxygens (including phenoxy) is 5. The van der Waals surface area contributed by atoms with Crippen LogP contribution in [0, 0.1) is 0 Å². The summed E-state index contributed by atoms with van der Waals surface area (Å²) in [5.41, 5.74) is 6.66. The zero-order valence-corrected chi connectivity index (χ0v) is 22.3. The predicted molar refractivity (Wildman–Crippen MR) is 136 cm³/mol. The molecule has 3 aliphatic heterocycles. The summed E-state index contributed by atoms with van der Waals surface area (Å²) in [4.78, 5) is 25.2. The third-order valence-electron chi connectivity index (χ3n) is 6.73. The fraction of sp³-hybridized carbons (Fsp3) is 0.652. The average molecular weight is 586 g/mol. The van der Waals surface area contributed by atoms with Crippen molar-refractivity contribution < 1.29 is 54.0 Å². The standard InChI is InChI=1S/C12H20N2O7.C11H15N5O4/c1-19-4-5-20-10-9(17)7(6-15)21-11(10)14-3-2-8(16)13-12(14)18;1-19-8-7(18)5(2-17)20-11(8)16-4-15-6-9(12)13-3-14-10(6)16/h2-3,7-11,15-17H,4-6H2,1H3,(H,13,18);3-5,7-8,11,17-18H,2H2,1H3,(H2,12,13,14)/t7-,8?,9?,10+,11-;5-,7?,8+,11-/m11/s1. The molecule has 9 atom stereocenters. The van der Waals surface area contributed by atoms with Crippen LogP contribution in [0.15, 0.2) is 24.9 Å². The molecule has 18 heteroatoms. The van der Waals surface area contributed by atoms with E-state index in [4.69, 9.17) is 29.4 Å². The molecule has 0 saturated carbocycles. The van der Waals surface area contributed by atoms with Crippen molar-refractivity contribution in [3.05, 3.63) is 24.9 Å². The summed E-state index contributed by atoms with van der Waals surface area (Å²) in [6, 6.07) is -0.582. The maximum atomic E-state index is 11.9. The van der Waals surface area contributed by atoms with Gasteiger partial charge in [-0.05, 0) is 6.08 Å². The Balaban J connectivity index is 0.000000189. The molecule has 2 fully saturated rings. The van der Waals surface area contributed by atoms with Crippen LogP contribution < -0.4 is 11.1 Å². The predicted octanol–water partition coefficient (Wildman–Crippen LogP) is -3.37. The van der Waals surface area contributed by atoms with Gasteiger partial charge in [-0.25, -0.2) is 19.7 Å². The van der Waals surface area contributed by atoms with E-state index in [-0.39, 0.29) is 19.0 Å². The van der Waals surface area contributed by atoms with Gasteiger partial charge < -0.3 is 60.3 Å². The highest BCUT2D eigenvalue weighted by molar-refractivity contribution is 5.81.